The summed E-state index contributed by atoms with van der Waals surface area (Å²) in [7, 11) is 0. The standard InChI is InChI=1S/C17H36N2/c1-14(2)10-11-17(5,13-18)19(12-15(3)4)16-8-6-7-9-16/h14-16H,6-13,18H2,1-5H3. The van der Waals surface area contributed by atoms with Crippen molar-refractivity contribution in [2.45, 2.75) is 84.7 Å². The first-order valence-electron chi connectivity index (χ1n) is 8.36. The maximum absolute atomic E-state index is 6.20. The Labute approximate surface area is 121 Å². The minimum atomic E-state index is 0.198. The number of hydrogen-bond acceptors (Lipinski definition) is 2. The third kappa shape index (κ3) is 5.07. The van der Waals surface area contributed by atoms with E-state index < -0.39 is 0 Å². The topological polar surface area (TPSA) is 29.3 Å². The molecule has 1 atom stereocenters. The van der Waals surface area contributed by atoms with Crippen LogP contribution in [-0.4, -0.2) is 29.6 Å². The second-order valence-electron chi connectivity index (χ2n) is 7.62. The van der Waals surface area contributed by atoms with E-state index in [0.717, 1.165) is 24.4 Å². The third-order valence-corrected chi connectivity index (χ3v) is 4.72. The van der Waals surface area contributed by atoms with E-state index in [1.54, 1.807) is 0 Å². The van der Waals surface area contributed by atoms with Gasteiger partial charge >= 0.3 is 0 Å². The van der Waals surface area contributed by atoms with Gasteiger partial charge in [0.15, 0.2) is 0 Å². The van der Waals surface area contributed by atoms with Crippen molar-refractivity contribution in [1.29, 1.82) is 0 Å². The molecule has 0 amide bonds. The molecule has 0 spiro atoms. The second-order valence-corrected chi connectivity index (χ2v) is 7.62. The van der Waals surface area contributed by atoms with Crippen LogP contribution in [0.1, 0.15) is 73.1 Å². The van der Waals surface area contributed by atoms with Crippen LogP contribution in [0.4, 0.5) is 0 Å². The molecule has 1 saturated carbocycles. The number of hydrogen-bond donors (Lipinski definition) is 1. The molecule has 2 nitrogen and oxygen atoms in total. The highest BCUT2D eigenvalue weighted by Gasteiger charge is 2.36. The van der Waals surface area contributed by atoms with Crippen molar-refractivity contribution in [2.75, 3.05) is 13.1 Å². The van der Waals surface area contributed by atoms with Gasteiger partial charge in [0.05, 0.1) is 0 Å². The average molecular weight is 268 g/mol. The monoisotopic (exact) mass is 268 g/mol. The summed E-state index contributed by atoms with van der Waals surface area (Å²) in [6.07, 6.45) is 8.10. The first-order valence-corrected chi connectivity index (χ1v) is 8.36. The molecule has 1 rings (SSSR count). The van der Waals surface area contributed by atoms with Gasteiger partial charge in [-0.25, -0.2) is 0 Å². The zero-order valence-corrected chi connectivity index (χ0v) is 13.9. The summed E-state index contributed by atoms with van der Waals surface area (Å²) < 4.78 is 0. The molecule has 19 heavy (non-hydrogen) atoms. The lowest BCUT2D eigenvalue weighted by molar-refractivity contribution is 0.0403. The third-order valence-electron chi connectivity index (χ3n) is 4.72. The van der Waals surface area contributed by atoms with Gasteiger partial charge in [0.2, 0.25) is 0 Å². The normalized spacial score (nSPS) is 20.7. The van der Waals surface area contributed by atoms with E-state index in [-0.39, 0.29) is 5.54 Å². The molecule has 0 saturated heterocycles. The largest absolute Gasteiger partial charge is 0.329 e. The first kappa shape index (κ1) is 17.0. The Morgan fingerprint density at radius 3 is 2.11 bits per heavy atom. The molecule has 0 bridgehead atoms. The van der Waals surface area contributed by atoms with Crippen LogP contribution in [0.25, 0.3) is 0 Å². The molecule has 0 aromatic heterocycles. The van der Waals surface area contributed by atoms with Gasteiger partial charge in [0.1, 0.15) is 0 Å². The van der Waals surface area contributed by atoms with Crippen LogP contribution >= 0.6 is 0 Å². The molecule has 0 aliphatic heterocycles. The summed E-state index contributed by atoms with van der Waals surface area (Å²) in [5.74, 6) is 1.50. The molecule has 2 N–H and O–H groups in total. The Hall–Kier alpha value is -0.0800. The Balaban J connectivity index is 2.77. The van der Waals surface area contributed by atoms with E-state index >= 15 is 0 Å². The fourth-order valence-electron chi connectivity index (χ4n) is 3.38. The number of nitrogens with two attached hydrogens (primary N) is 1. The van der Waals surface area contributed by atoms with Crippen molar-refractivity contribution in [1.82, 2.24) is 4.90 Å². The molecule has 0 radical (unpaired) electrons. The highest BCUT2D eigenvalue weighted by Crippen LogP contribution is 2.33. The van der Waals surface area contributed by atoms with Crippen LogP contribution in [0.5, 0.6) is 0 Å². The predicted molar refractivity (Wildman–Crippen MR) is 85.3 cm³/mol. The fraction of sp³-hybridized carbons (Fsp3) is 1.00. The zero-order chi connectivity index (χ0) is 14.5. The Morgan fingerprint density at radius 1 is 1.11 bits per heavy atom. The van der Waals surface area contributed by atoms with Crippen molar-refractivity contribution < 1.29 is 0 Å². The van der Waals surface area contributed by atoms with Gasteiger partial charge in [0.25, 0.3) is 0 Å². The van der Waals surface area contributed by atoms with Gasteiger partial charge in [-0.2, -0.15) is 0 Å². The molecule has 0 aromatic rings. The van der Waals surface area contributed by atoms with E-state index in [4.69, 9.17) is 5.73 Å². The highest BCUT2D eigenvalue weighted by molar-refractivity contribution is 4.93. The lowest BCUT2D eigenvalue weighted by Crippen LogP contribution is -2.56. The molecule has 1 fully saturated rings. The fourth-order valence-corrected chi connectivity index (χ4v) is 3.38. The predicted octanol–water partition coefficient (Wildman–Crippen LogP) is 4.04. The summed E-state index contributed by atoms with van der Waals surface area (Å²) >= 11 is 0. The van der Waals surface area contributed by atoms with E-state index in [1.807, 2.05) is 0 Å². The highest BCUT2D eigenvalue weighted by atomic mass is 15.2. The summed E-state index contributed by atoms with van der Waals surface area (Å²) in [5.41, 5.74) is 6.39. The lowest BCUT2D eigenvalue weighted by atomic mass is 9.87. The Bertz CT molecular complexity index is 244. The minimum absolute atomic E-state index is 0.198. The summed E-state index contributed by atoms with van der Waals surface area (Å²) in [6.45, 7) is 13.7. The van der Waals surface area contributed by atoms with Crippen LogP contribution in [0, 0.1) is 11.8 Å². The van der Waals surface area contributed by atoms with Crippen molar-refractivity contribution in [3.8, 4) is 0 Å². The average Bonchev–Trinajstić information content (AvgIpc) is 2.86. The molecule has 1 unspecified atom stereocenters. The molecule has 1 aliphatic carbocycles. The number of rotatable bonds is 8. The number of nitrogens with zero attached hydrogens (tertiary/aromatic N) is 1. The van der Waals surface area contributed by atoms with Crippen molar-refractivity contribution in [3.05, 3.63) is 0 Å². The summed E-state index contributed by atoms with van der Waals surface area (Å²) in [4.78, 5) is 2.77. The molecular formula is C17H36N2. The molecule has 114 valence electrons. The smallest absolute Gasteiger partial charge is 0.0306 e. The van der Waals surface area contributed by atoms with Gasteiger partial charge < -0.3 is 5.73 Å². The summed E-state index contributed by atoms with van der Waals surface area (Å²) in [6, 6.07) is 0.781. The lowest BCUT2D eigenvalue weighted by Gasteiger charge is -2.46. The maximum atomic E-state index is 6.20. The van der Waals surface area contributed by atoms with Crippen molar-refractivity contribution >= 4 is 0 Å². The van der Waals surface area contributed by atoms with E-state index in [9.17, 15) is 0 Å². The molecule has 2 heteroatoms. The SMILES string of the molecule is CC(C)CCC(C)(CN)N(CC(C)C)C1CCCC1. The molecular weight excluding hydrogens is 232 g/mol. The zero-order valence-electron chi connectivity index (χ0n) is 13.9. The van der Waals surface area contributed by atoms with Crippen LogP contribution in [-0.2, 0) is 0 Å². The molecule has 0 heterocycles. The summed E-state index contributed by atoms with van der Waals surface area (Å²) in [5, 5.41) is 0. The first-order chi connectivity index (χ1) is 8.89. The van der Waals surface area contributed by atoms with Gasteiger partial charge in [-0.1, -0.05) is 40.5 Å². The van der Waals surface area contributed by atoms with E-state index in [0.29, 0.717) is 0 Å². The van der Waals surface area contributed by atoms with Crippen molar-refractivity contribution in [3.63, 3.8) is 0 Å². The van der Waals surface area contributed by atoms with Gasteiger partial charge in [0, 0.05) is 24.7 Å². The van der Waals surface area contributed by atoms with Gasteiger partial charge in [-0.3, -0.25) is 4.90 Å². The Morgan fingerprint density at radius 2 is 1.68 bits per heavy atom. The quantitative estimate of drug-likeness (QED) is 0.720. The maximum Gasteiger partial charge on any atom is 0.0306 e. The van der Waals surface area contributed by atoms with E-state index in [1.165, 1.54) is 45.1 Å². The minimum Gasteiger partial charge on any atom is -0.329 e. The second kappa shape index (κ2) is 7.64. The Kier molecular flexibility index (Phi) is 6.82. The van der Waals surface area contributed by atoms with Gasteiger partial charge in [-0.15, -0.1) is 0 Å². The molecule has 1 aliphatic rings. The van der Waals surface area contributed by atoms with E-state index in [2.05, 4.69) is 39.5 Å². The van der Waals surface area contributed by atoms with Crippen LogP contribution in [0.2, 0.25) is 0 Å². The molecule has 0 aromatic carbocycles. The van der Waals surface area contributed by atoms with Crippen molar-refractivity contribution in [2.24, 2.45) is 17.6 Å². The van der Waals surface area contributed by atoms with Gasteiger partial charge in [-0.05, 0) is 44.4 Å². The van der Waals surface area contributed by atoms with Crippen LogP contribution in [0.15, 0.2) is 0 Å². The van der Waals surface area contributed by atoms with Crippen LogP contribution < -0.4 is 5.73 Å². The van der Waals surface area contributed by atoms with Crippen LogP contribution in [0.3, 0.4) is 0 Å².